The summed E-state index contributed by atoms with van der Waals surface area (Å²) in [5.41, 5.74) is 5.71. The minimum absolute atomic E-state index is 0.112. The molecule has 1 amide bonds. The van der Waals surface area contributed by atoms with Crippen LogP contribution in [0.25, 0.3) is 0 Å². The third-order valence-electron chi connectivity index (χ3n) is 5.65. The van der Waals surface area contributed by atoms with Crippen molar-refractivity contribution in [1.82, 2.24) is 5.32 Å². The maximum atomic E-state index is 12.9. The molecule has 0 aromatic heterocycles. The zero-order valence-electron chi connectivity index (χ0n) is 19.7. The molecule has 0 aliphatic carbocycles. The number of benzene rings is 3. The topological polar surface area (TPSA) is 66.5 Å². The number of aryl methyl sites for hydroxylation is 3. The van der Waals surface area contributed by atoms with Crippen molar-refractivity contribution in [3.8, 4) is 0 Å². The molecule has 0 fully saturated rings. The molecule has 3 rings (SSSR count). The Morgan fingerprint density at radius 3 is 2.12 bits per heavy atom. The fourth-order valence-corrected chi connectivity index (χ4v) is 4.85. The summed E-state index contributed by atoms with van der Waals surface area (Å²) in [7, 11) is -3.47. The monoisotopic (exact) mass is 464 g/mol. The van der Waals surface area contributed by atoms with E-state index in [0.29, 0.717) is 12.1 Å². The van der Waals surface area contributed by atoms with Gasteiger partial charge in [0.25, 0.3) is 0 Å². The van der Waals surface area contributed by atoms with Crippen LogP contribution in [0.2, 0.25) is 0 Å². The zero-order valence-corrected chi connectivity index (χ0v) is 20.5. The fraction of sp³-hybridized carbons (Fsp3) is 0.296. The first kappa shape index (κ1) is 24.5. The lowest BCUT2D eigenvalue weighted by Crippen LogP contribution is -2.33. The predicted molar refractivity (Wildman–Crippen MR) is 135 cm³/mol. The first-order chi connectivity index (χ1) is 15.6. The molecule has 1 atom stereocenters. The molecule has 174 valence electrons. The Labute approximate surface area is 197 Å². The van der Waals surface area contributed by atoms with Crippen molar-refractivity contribution >= 4 is 21.6 Å². The second-order valence-corrected chi connectivity index (χ2v) is 10.5. The molecule has 3 aromatic carbocycles. The normalized spacial score (nSPS) is 12.2. The van der Waals surface area contributed by atoms with Gasteiger partial charge in [-0.3, -0.25) is 9.10 Å². The predicted octanol–water partition coefficient (Wildman–Crippen LogP) is 5.06. The van der Waals surface area contributed by atoms with E-state index >= 15 is 0 Å². The summed E-state index contributed by atoms with van der Waals surface area (Å²) < 4.78 is 26.3. The van der Waals surface area contributed by atoms with Crippen molar-refractivity contribution in [1.29, 1.82) is 0 Å². The van der Waals surface area contributed by atoms with Crippen molar-refractivity contribution in [2.75, 3.05) is 17.1 Å². The van der Waals surface area contributed by atoms with E-state index in [2.05, 4.69) is 5.32 Å². The number of hydrogen-bond acceptors (Lipinski definition) is 3. The van der Waals surface area contributed by atoms with Crippen molar-refractivity contribution in [3.05, 3.63) is 101 Å². The number of carbonyl (C=O) groups excluding carboxylic acids is 1. The van der Waals surface area contributed by atoms with Gasteiger partial charge in [-0.15, -0.1) is 0 Å². The van der Waals surface area contributed by atoms with Gasteiger partial charge in [0.2, 0.25) is 15.9 Å². The van der Waals surface area contributed by atoms with Crippen molar-refractivity contribution in [2.45, 2.75) is 39.7 Å². The maximum Gasteiger partial charge on any atom is 0.232 e. The molecule has 0 saturated carbocycles. The quantitative estimate of drug-likeness (QED) is 0.481. The van der Waals surface area contributed by atoms with Gasteiger partial charge in [-0.2, -0.15) is 0 Å². The van der Waals surface area contributed by atoms with Crippen molar-refractivity contribution in [2.24, 2.45) is 0 Å². The molecule has 0 aliphatic rings. The summed E-state index contributed by atoms with van der Waals surface area (Å²) in [4.78, 5) is 12.9. The molecule has 33 heavy (non-hydrogen) atoms. The van der Waals surface area contributed by atoms with E-state index in [1.807, 2.05) is 93.6 Å². The number of sulfonamides is 1. The van der Waals surface area contributed by atoms with Crippen LogP contribution in [-0.2, 0) is 14.8 Å². The van der Waals surface area contributed by atoms with E-state index in [0.717, 1.165) is 27.8 Å². The van der Waals surface area contributed by atoms with Gasteiger partial charge in [0.1, 0.15) is 0 Å². The van der Waals surface area contributed by atoms with Gasteiger partial charge >= 0.3 is 0 Å². The lowest BCUT2D eigenvalue weighted by Gasteiger charge is -2.25. The molecular weight excluding hydrogens is 432 g/mol. The highest BCUT2D eigenvalue weighted by Crippen LogP contribution is 2.25. The zero-order chi connectivity index (χ0) is 24.0. The molecule has 0 saturated heterocycles. The smallest absolute Gasteiger partial charge is 0.232 e. The van der Waals surface area contributed by atoms with E-state index < -0.39 is 10.0 Å². The van der Waals surface area contributed by atoms with Gasteiger partial charge in [-0.1, -0.05) is 72.3 Å². The molecule has 3 aromatic rings. The van der Waals surface area contributed by atoms with Crippen LogP contribution in [0.5, 0.6) is 0 Å². The van der Waals surface area contributed by atoms with Crippen molar-refractivity contribution < 1.29 is 13.2 Å². The Morgan fingerprint density at radius 2 is 1.48 bits per heavy atom. The highest BCUT2D eigenvalue weighted by molar-refractivity contribution is 7.92. The number of rotatable bonds is 9. The average molecular weight is 465 g/mol. The van der Waals surface area contributed by atoms with E-state index in [9.17, 15) is 13.2 Å². The minimum Gasteiger partial charge on any atom is -0.345 e. The van der Waals surface area contributed by atoms with Gasteiger partial charge in [-0.25, -0.2) is 8.42 Å². The largest absolute Gasteiger partial charge is 0.345 e. The van der Waals surface area contributed by atoms with Gasteiger partial charge in [0.15, 0.2) is 0 Å². The van der Waals surface area contributed by atoms with Crippen LogP contribution in [-0.4, -0.2) is 27.1 Å². The van der Waals surface area contributed by atoms with Crippen LogP contribution < -0.4 is 9.62 Å². The molecule has 0 bridgehead atoms. The number of carbonyl (C=O) groups is 1. The van der Waals surface area contributed by atoms with E-state index in [4.69, 9.17) is 0 Å². The van der Waals surface area contributed by atoms with Crippen LogP contribution in [0.3, 0.4) is 0 Å². The number of anilines is 1. The van der Waals surface area contributed by atoms with E-state index in [-0.39, 0.29) is 24.9 Å². The molecule has 0 radical (unpaired) electrons. The molecular formula is C27H32N2O3S. The Hall–Kier alpha value is -3.12. The summed E-state index contributed by atoms with van der Waals surface area (Å²) in [6, 6.07) is 23.5. The van der Waals surface area contributed by atoms with Crippen LogP contribution in [0.15, 0.2) is 72.8 Å². The van der Waals surface area contributed by atoms with Crippen molar-refractivity contribution in [3.63, 3.8) is 0 Å². The van der Waals surface area contributed by atoms with Gasteiger partial charge in [0.05, 0.1) is 18.0 Å². The number of nitrogens with one attached hydrogen (secondary N) is 1. The van der Waals surface area contributed by atoms with Gasteiger partial charge < -0.3 is 5.32 Å². The number of hydrogen-bond donors (Lipinski definition) is 1. The first-order valence-electron chi connectivity index (χ1n) is 11.1. The molecule has 0 spiro atoms. The highest BCUT2D eigenvalue weighted by Gasteiger charge is 2.21. The minimum atomic E-state index is -3.47. The van der Waals surface area contributed by atoms with Crippen LogP contribution in [0.1, 0.15) is 46.7 Å². The summed E-state index contributed by atoms with van der Waals surface area (Å²) in [5, 5.41) is 3.13. The lowest BCUT2D eigenvalue weighted by atomic mass is 9.97. The molecule has 6 heteroatoms. The van der Waals surface area contributed by atoms with E-state index in [1.54, 1.807) is 0 Å². The van der Waals surface area contributed by atoms with Gasteiger partial charge in [0, 0.05) is 13.0 Å². The molecule has 0 heterocycles. The summed E-state index contributed by atoms with van der Waals surface area (Å²) in [5.74, 6) is -0.112. The highest BCUT2D eigenvalue weighted by atomic mass is 32.2. The third-order valence-corrected chi connectivity index (χ3v) is 6.83. The standard InChI is InChI=1S/C27H32N2O3S/c1-20-13-16-24(17-14-20)27(23-9-6-5-7-10-23)28-26(30)11-8-18-29(33(4,31)32)25-19-21(2)12-15-22(25)3/h5-7,9-10,12-17,19,27H,8,11,18H2,1-4H3,(H,28,30)/t27-/m0/s1. The molecule has 0 aliphatic heterocycles. The Kier molecular flexibility index (Phi) is 7.92. The Bertz CT molecular complexity index is 1190. The maximum absolute atomic E-state index is 12.9. The van der Waals surface area contributed by atoms with Crippen LogP contribution in [0.4, 0.5) is 5.69 Å². The van der Waals surface area contributed by atoms with Gasteiger partial charge in [-0.05, 0) is 55.5 Å². The summed E-state index contributed by atoms with van der Waals surface area (Å²) in [6.07, 6.45) is 1.85. The second-order valence-electron chi connectivity index (χ2n) is 8.55. The lowest BCUT2D eigenvalue weighted by molar-refractivity contribution is -0.121. The molecule has 0 unspecified atom stereocenters. The SMILES string of the molecule is Cc1ccc([C@@H](NC(=O)CCCN(c2cc(C)ccc2C)S(C)(=O)=O)c2ccccc2)cc1. The fourth-order valence-electron chi connectivity index (χ4n) is 3.83. The Morgan fingerprint density at radius 1 is 0.879 bits per heavy atom. The number of amides is 1. The molecule has 1 N–H and O–H groups in total. The number of nitrogens with zero attached hydrogens (tertiary/aromatic N) is 1. The third kappa shape index (κ3) is 6.68. The Balaban J connectivity index is 1.71. The molecule has 5 nitrogen and oxygen atoms in total. The van der Waals surface area contributed by atoms with Crippen LogP contribution in [0, 0.1) is 20.8 Å². The average Bonchev–Trinajstić information content (AvgIpc) is 2.77. The van der Waals surface area contributed by atoms with Crippen LogP contribution >= 0.6 is 0 Å². The summed E-state index contributed by atoms with van der Waals surface area (Å²) in [6.45, 7) is 6.11. The second kappa shape index (κ2) is 10.7. The van der Waals surface area contributed by atoms with E-state index in [1.165, 1.54) is 10.6 Å². The first-order valence-corrected chi connectivity index (χ1v) is 13.0. The summed E-state index contributed by atoms with van der Waals surface area (Å²) >= 11 is 0.